The number of hydrogen-bond donors (Lipinski definition) is 2. The summed E-state index contributed by atoms with van der Waals surface area (Å²) in [6.07, 6.45) is 1.14. The Morgan fingerprint density at radius 1 is 1.24 bits per heavy atom. The van der Waals surface area contributed by atoms with Crippen molar-refractivity contribution in [3.8, 4) is 22.9 Å². The van der Waals surface area contributed by atoms with Crippen molar-refractivity contribution in [3.05, 3.63) is 48.0 Å². The second kappa shape index (κ2) is 10.5. The van der Waals surface area contributed by atoms with Gasteiger partial charge in [0.1, 0.15) is 11.8 Å². The zero-order valence-electron chi connectivity index (χ0n) is 19.9. The average Bonchev–Trinajstić information content (AvgIpc) is 2.77. The van der Waals surface area contributed by atoms with Crippen molar-refractivity contribution in [2.24, 2.45) is 5.73 Å². The molecule has 2 unspecified atom stereocenters. The maximum atomic E-state index is 12.5. The second-order valence-corrected chi connectivity index (χ2v) is 11.4. The van der Waals surface area contributed by atoms with Crippen LogP contribution in [0.3, 0.4) is 0 Å². The SMILES string of the molecule is COc1ccc(-c2ccc(CC(C#N)NC(=O)CC3(N)CCCS(=O)(=O)C3)cc2)cc1N(C)C. The molecule has 34 heavy (non-hydrogen) atoms. The number of nitriles is 1. The lowest BCUT2D eigenvalue weighted by Gasteiger charge is -2.32. The summed E-state index contributed by atoms with van der Waals surface area (Å²) in [6.45, 7) is 0. The van der Waals surface area contributed by atoms with Crippen LogP contribution < -0.4 is 20.7 Å². The monoisotopic (exact) mass is 484 g/mol. The molecule has 0 aliphatic carbocycles. The van der Waals surface area contributed by atoms with Gasteiger partial charge in [-0.05, 0) is 41.7 Å². The van der Waals surface area contributed by atoms with Crippen LogP contribution in [0.5, 0.6) is 5.75 Å². The van der Waals surface area contributed by atoms with Crippen LogP contribution in [0.15, 0.2) is 42.5 Å². The third-order valence-electron chi connectivity index (χ3n) is 6.03. The lowest BCUT2D eigenvalue weighted by Crippen LogP contribution is -2.53. The highest BCUT2D eigenvalue weighted by molar-refractivity contribution is 7.91. The van der Waals surface area contributed by atoms with Gasteiger partial charge in [-0.2, -0.15) is 5.26 Å². The first-order valence-corrected chi connectivity index (χ1v) is 13.0. The number of carbonyl (C=O) groups is 1. The molecule has 1 heterocycles. The zero-order valence-corrected chi connectivity index (χ0v) is 20.7. The predicted molar refractivity (Wildman–Crippen MR) is 133 cm³/mol. The largest absolute Gasteiger partial charge is 0.495 e. The van der Waals surface area contributed by atoms with Gasteiger partial charge in [0.25, 0.3) is 0 Å². The Morgan fingerprint density at radius 2 is 1.91 bits per heavy atom. The summed E-state index contributed by atoms with van der Waals surface area (Å²) in [5.41, 5.74) is 9.05. The molecule has 0 radical (unpaired) electrons. The van der Waals surface area contributed by atoms with Crippen molar-refractivity contribution < 1.29 is 17.9 Å². The first-order valence-electron chi connectivity index (χ1n) is 11.2. The number of hydrogen-bond acceptors (Lipinski definition) is 7. The number of sulfone groups is 1. The van der Waals surface area contributed by atoms with Gasteiger partial charge in [0.05, 0.1) is 30.4 Å². The summed E-state index contributed by atoms with van der Waals surface area (Å²) in [6, 6.07) is 15.2. The topological polar surface area (TPSA) is 126 Å². The van der Waals surface area contributed by atoms with Crippen LogP contribution >= 0.6 is 0 Å². The van der Waals surface area contributed by atoms with Crippen molar-refractivity contribution in [2.45, 2.75) is 37.3 Å². The van der Waals surface area contributed by atoms with Gasteiger partial charge in [-0.3, -0.25) is 4.79 Å². The number of methoxy groups -OCH3 is 1. The van der Waals surface area contributed by atoms with E-state index in [1.807, 2.05) is 55.4 Å². The van der Waals surface area contributed by atoms with Crippen LogP contribution in [0.1, 0.15) is 24.8 Å². The highest BCUT2D eigenvalue weighted by atomic mass is 32.2. The molecule has 182 valence electrons. The van der Waals surface area contributed by atoms with E-state index in [4.69, 9.17) is 10.5 Å². The Kier molecular flexibility index (Phi) is 7.85. The zero-order chi connectivity index (χ0) is 24.9. The van der Waals surface area contributed by atoms with E-state index in [1.165, 1.54) is 0 Å². The first-order chi connectivity index (χ1) is 16.0. The predicted octanol–water partition coefficient (Wildman–Crippen LogP) is 2.28. The smallest absolute Gasteiger partial charge is 0.222 e. The molecule has 9 heteroatoms. The highest BCUT2D eigenvalue weighted by Gasteiger charge is 2.37. The molecule has 0 aromatic heterocycles. The van der Waals surface area contributed by atoms with Crippen LogP contribution in [0, 0.1) is 11.3 Å². The molecule has 2 aromatic carbocycles. The number of nitrogens with two attached hydrogens (primary N) is 1. The minimum Gasteiger partial charge on any atom is -0.495 e. The molecule has 1 saturated heterocycles. The molecule has 1 aliphatic rings. The number of amides is 1. The summed E-state index contributed by atoms with van der Waals surface area (Å²) in [4.78, 5) is 14.5. The minimum absolute atomic E-state index is 0.109. The van der Waals surface area contributed by atoms with E-state index in [-0.39, 0.29) is 17.9 Å². The fourth-order valence-corrected chi connectivity index (χ4v) is 6.20. The number of rotatable bonds is 8. The van der Waals surface area contributed by atoms with Crippen molar-refractivity contribution in [1.82, 2.24) is 5.32 Å². The van der Waals surface area contributed by atoms with Crippen LogP contribution in [0.2, 0.25) is 0 Å². The Hall–Kier alpha value is -3.09. The maximum absolute atomic E-state index is 12.5. The second-order valence-electron chi connectivity index (χ2n) is 9.17. The number of benzene rings is 2. The molecule has 3 rings (SSSR count). The van der Waals surface area contributed by atoms with Crippen LogP contribution in [0.25, 0.3) is 11.1 Å². The van der Waals surface area contributed by atoms with Crippen LogP contribution in [-0.2, 0) is 21.1 Å². The fourth-order valence-electron chi connectivity index (χ4n) is 4.35. The summed E-state index contributed by atoms with van der Waals surface area (Å²) in [7, 11) is 2.33. The van der Waals surface area contributed by atoms with Crippen molar-refractivity contribution >= 4 is 21.4 Å². The van der Waals surface area contributed by atoms with E-state index in [0.717, 1.165) is 28.1 Å². The van der Waals surface area contributed by atoms with Gasteiger partial charge in [0.15, 0.2) is 9.84 Å². The molecule has 2 aromatic rings. The van der Waals surface area contributed by atoms with Gasteiger partial charge < -0.3 is 20.7 Å². The molecule has 0 spiro atoms. The van der Waals surface area contributed by atoms with Gasteiger partial charge in [-0.25, -0.2) is 8.42 Å². The molecule has 1 aliphatic heterocycles. The van der Waals surface area contributed by atoms with E-state index < -0.39 is 27.3 Å². The summed E-state index contributed by atoms with van der Waals surface area (Å²) < 4.78 is 29.2. The maximum Gasteiger partial charge on any atom is 0.222 e. The third-order valence-corrected chi connectivity index (χ3v) is 7.95. The Morgan fingerprint density at radius 3 is 2.50 bits per heavy atom. The molecule has 8 nitrogen and oxygen atoms in total. The average molecular weight is 485 g/mol. The molecule has 0 bridgehead atoms. The molecule has 3 N–H and O–H groups in total. The number of anilines is 1. The van der Waals surface area contributed by atoms with Crippen LogP contribution in [-0.4, -0.2) is 58.6 Å². The Labute approximate surface area is 201 Å². The lowest BCUT2D eigenvalue weighted by molar-refractivity contribution is -0.122. The fraction of sp³-hybridized carbons (Fsp3) is 0.440. The van der Waals surface area contributed by atoms with Crippen LogP contribution in [0.4, 0.5) is 5.69 Å². The van der Waals surface area contributed by atoms with Gasteiger partial charge in [-0.15, -0.1) is 0 Å². The normalized spacial score (nSPS) is 20.1. The van der Waals surface area contributed by atoms with E-state index in [2.05, 4.69) is 17.5 Å². The first kappa shape index (κ1) is 25.5. The Bertz CT molecular complexity index is 1170. The molecular formula is C25H32N4O4S. The van der Waals surface area contributed by atoms with Gasteiger partial charge in [-0.1, -0.05) is 30.3 Å². The minimum atomic E-state index is -3.24. The molecule has 0 saturated carbocycles. The van der Waals surface area contributed by atoms with E-state index in [0.29, 0.717) is 19.3 Å². The number of ether oxygens (including phenoxy) is 1. The highest BCUT2D eigenvalue weighted by Crippen LogP contribution is 2.32. The molecular weight excluding hydrogens is 452 g/mol. The van der Waals surface area contributed by atoms with Gasteiger partial charge >= 0.3 is 0 Å². The van der Waals surface area contributed by atoms with Gasteiger partial charge in [0, 0.05) is 32.5 Å². The summed E-state index contributed by atoms with van der Waals surface area (Å²) in [5, 5.41) is 12.2. The third kappa shape index (κ3) is 6.49. The molecule has 2 atom stereocenters. The lowest BCUT2D eigenvalue weighted by atomic mass is 9.92. The summed E-state index contributed by atoms with van der Waals surface area (Å²) >= 11 is 0. The molecule has 1 fully saturated rings. The molecule has 1 amide bonds. The number of nitrogens with one attached hydrogen (secondary N) is 1. The van der Waals surface area contributed by atoms with Crippen molar-refractivity contribution in [3.63, 3.8) is 0 Å². The van der Waals surface area contributed by atoms with E-state index in [1.54, 1.807) is 7.11 Å². The standard InChI is InChI=1S/C25H32N4O4S/c1-29(2)22-14-20(9-10-23(22)33-3)19-7-5-18(6-8-19)13-21(16-26)28-24(30)15-25(27)11-4-12-34(31,32)17-25/h5-10,14,21H,4,11-13,15,17,27H2,1-3H3,(H,28,30). The summed E-state index contributed by atoms with van der Waals surface area (Å²) in [5.74, 6) is 0.296. The number of carbonyl (C=O) groups excluding carboxylic acids is 1. The quantitative estimate of drug-likeness (QED) is 0.589. The van der Waals surface area contributed by atoms with E-state index >= 15 is 0 Å². The van der Waals surface area contributed by atoms with Gasteiger partial charge in [0.2, 0.25) is 5.91 Å². The van der Waals surface area contributed by atoms with Crippen molar-refractivity contribution in [2.75, 3.05) is 37.6 Å². The Balaban J connectivity index is 1.64. The number of nitrogens with zero attached hydrogens (tertiary/aromatic N) is 2. The van der Waals surface area contributed by atoms with Crippen molar-refractivity contribution in [1.29, 1.82) is 5.26 Å². The van der Waals surface area contributed by atoms with E-state index in [9.17, 15) is 18.5 Å².